The normalized spacial score (nSPS) is 15.8. The molecule has 1 aromatic carbocycles. The van der Waals surface area contributed by atoms with Gasteiger partial charge >= 0.3 is 0 Å². The Labute approximate surface area is 128 Å². The number of nitrogens with zero attached hydrogens (tertiary/aromatic N) is 1. The van der Waals surface area contributed by atoms with Crippen LogP contribution in [0.25, 0.3) is 0 Å². The van der Waals surface area contributed by atoms with Gasteiger partial charge in [0.2, 0.25) is 0 Å². The summed E-state index contributed by atoms with van der Waals surface area (Å²) in [6.07, 6.45) is 0. The molecule has 1 aliphatic heterocycles. The van der Waals surface area contributed by atoms with E-state index in [1.807, 2.05) is 29.6 Å². The van der Waals surface area contributed by atoms with E-state index in [9.17, 15) is 0 Å². The second kappa shape index (κ2) is 6.85. The third kappa shape index (κ3) is 3.69. The van der Waals surface area contributed by atoms with E-state index in [1.54, 1.807) is 11.3 Å². The first-order valence-electron chi connectivity index (χ1n) is 7.10. The molecule has 1 saturated heterocycles. The number of ether oxygens (including phenoxy) is 1. The minimum atomic E-state index is 0.458. The van der Waals surface area contributed by atoms with Crippen LogP contribution in [0.1, 0.15) is 10.4 Å². The van der Waals surface area contributed by atoms with Gasteiger partial charge in [-0.3, -0.25) is 10.3 Å². The van der Waals surface area contributed by atoms with Gasteiger partial charge in [-0.2, -0.15) is 0 Å². The summed E-state index contributed by atoms with van der Waals surface area (Å²) in [5.41, 5.74) is 2.24. The number of nitrogens with one attached hydrogen (secondary N) is 2. The van der Waals surface area contributed by atoms with E-state index in [-0.39, 0.29) is 0 Å². The molecule has 2 N–H and O–H groups in total. The molecule has 0 aliphatic carbocycles. The van der Waals surface area contributed by atoms with E-state index in [4.69, 9.17) is 10.1 Å². The highest BCUT2D eigenvalue weighted by molar-refractivity contribution is 7.12. The Kier molecular flexibility index (Phi) is 4.65. The second-order valence-corrected chi connectivity index (χ2v) is 5.97. The molecule has 3 rings (SSSR count). The summed E-state index contributed by atoms with van der Waals surface area (Å²) in [5.74, 6) is 0.458. The van der Waals surface area contributed by atoms with Gasteiger partial charge in [-0.15, -0.1) is 11.3 Å². The molecule has 1 aromatic heterocycles. The average Bonchev–Trinajstić information content (AvgIpc) is 3.05. The number of benzene rings is 1. The van der Waals surface area contributed by atoms with Crippen LogP contribution in [0.15, 0.2) is 41.8 Å². The van der Waals surface area contributed by atoms with Crippen LogP contribution in [0.4, 0.5) is 5.69 Å². The number of anilines is 1. The lowest BCUT2D eigenvalue weighted by molar-refractivity contribution is 0.0343. The second-order valence-electron chi connectivity index (χ2n) is 5.02. The lowest BCUT2D eigenvalue weighted by Gasteiger charge is -2.27. The number of amidine groups is 1. The van der Waals surface area contributed by atoms with Gasteiger partial charge in [0.05, 0.1) is 18.1 Å². The third-order valence-corrected chi connectivity index (χ3v) is 4.43. The molecule has 5 heteroatoms. The van der Waals surface area contributed by atoms with Crippen LogP contribution in [-0.4, -0.2) is 37.0 Å². The van der Waals surface area contributed by atoms with Crippen LogP contribution >= 0.6 is 11.3 Å². The number of hydrogen-bond acceptors (Lipinski definition) is 4. The maximum absolute atomic E-state index is 8.17. The van der Waals surface area contributed by atoms with Crippen molar-refractivity contribution in [1.82, 2.24) is 4.90 Å². The molecular weight excluding hydrogens is 282 g/mol. The first kappa shape index (κ1) is 14.3. The molecule has 0 saturated carbocycles. The molecule has 1 fully saturated rings. The Bertz CT molecular complexity index is 591. The predicted molar refractivity (Wildman–Crippen MR) is 87.3 cm³/mol. The molecule has 1 aliphatic rings. The number of morpholine rings is 1. The highest BCUT2D eigenvalue weighted by Crippen LogP contribution is 2.20. The zero-order valence-electron chi connectivity index (χ0n) is 11.8. The van der Waals surface area contributed by atoms with Crippen molar-refractivity contribution in [2.45, 2.75) is 6.54 Å². The van der Waals surface area contributed by atoms with Crippen molar-refractivity contribution in [2.24, 2.45) is 0 Å². The van der Waals surface area contributed by atoms with Gasteiger partial charge in [0.1, 0.15) is 5.84 Å². The van der Waals surface area contributed by atoms with Gasteiger partial charge < -0.3 is 10.1 Å². The Hall–Kier alpha value is -1.69. The minimum absolute atomic E-state index is 0.458. The Morgan fingerprint density at radius 1 is 1.19 bits per heavy atom. The Balaban J connectivity index is 1.71. The topological polar surface area (TPSA) is 48.4 Å². The van der Waals surface area contributed by atoms with Crippen LogP contribution in [0.3, 0.4) is 0 Å². The van der Waals surface area contributed by atoms with Gasteiger partial charge in [-0.05, 0) is 23.1 Å². The van der Waals surface area contributed by atoms with Crippen LogP contribution < -0.4 is 5.32 Å². The van der Waals surface area contributed by atoms with Gasteiger partial charge in [0.15, 0.2) is 0 Å². The summed E-state index contributed by atoms with van der Waals surface area (Å²) in [6, 6.07) is 12.2. The van der Waals surface area contributed by atoms with Gasteiger partial charge in [-0.25, -0.2) is 0 Å². The summed E-state index contributed by atoms with van der Waals surface area (Å²) < 4.78 is 5.39. The molecule has 0 spiro atoms. The van der Waals surface area contributed by atoms with Crippen molar-refractivity contribution in [2.75, 3.05) is 31.6 Å². The molecule has 2 aromatic rings. The summed E-state index contributed by atoms with van der Waals surface area (Å²) in [6.45, 7) is 4.44. The van der Waals surface area contributed by atoms with Gasteiger partial charge in [0.25, 0.3) is 0 Å². The molecule has 0 amide bonds. The quantitative estimate of drug-likeness (QED) is 0.674. The van der Waals surface area contributed by atoms with E-state index in [0.717, 1.165) is 43.4 Å². The number of thiophene rings is 1. The lowest BCUT2D eigenvalue weighted by Crippen LogP contribution is -2.35. The molecule has 0 atom stereocenters. The molecule has 110 valence electrons. The molecule has 0 bridgehead atoms. The van der Waals surface area contributed by atoms with E-state index in [2.05, 4.69) is 22.3 Å². The van der Waals surface area contributed by atoms with Crippen molar-refractivity contribution in [3.63, 3.8) is 0 Å². The van der Waals surface area contributed by atoms with E-state index >= 15 is 0 Å². The first-order chi connectivity index (χ1) is 10.3. The van der Waals surface area contributed by atoms with E-state index in [0.29, 0.717) is 5.84 Å². The van der Waals surface area contributed by atoms with Gasteiger partial charge in [0, 0.05) is 25.3 Å². The fraction of sp³-hybridized carbons (Fsp3) is 0.312. The van der Waals surface area contributed by atoms with Crippen LogP contribution in [-0.2, 0) is 11.3 Å². The maximum atomic E-state index is 8.17. The van der Waals surface area contributed by atoms with Crippen molar-refractivity contribution in [3.8, 4) is 0 Å². The Morgan fingerprint density at radius 3 is 2.76 bits per heavy atom. The van der Waals surface area contributed by atoms with Crippen molar-refractivity contribution < 1.29 is 4.74 Å². The average molecular weight is 301 g/mol. The molecule has 0 unspecified atom stereocenters. The third-order valence-electron chi connectivity index (χ3n) is 3.54. The monoisotopic (exact) mass is 301 g/mol. The van der Waals surface area contributed by atoms with E-state index in [1.165, 1.54) is 5.56 Å². The first-order valence-corrected chi connectivity index (χ1v) is 7.98. The van der Waals surface area contributed by atoms with Crippen molar-refractivity contribution in [3.05, 3.63) is 52.2 Å². The maximum Gasteiger partial charge on any atom is 0.140 e. The lowest BCUT2D eigenvalue weighted by atomic mass is 10.1. The zero-order chi connectivity index (χ0) is 14.5. The number of rotatable bonds is 4. The molecular formula is C16H19N3OS. The van der Waals surface area contributed by atoms with Crippen LogP contribution in [0.5, 0.6) is 0 Å². The summed E-state index contributed by atoms with van der Waals surface area (Å²) >= 11 is 1.58. The van der Waals surface area contributed by atoms with Crippen LogP contribution in [0, 0.1) is 5.41 Å². The predicted octanol–water partition coefficient (Wildman–Crippen LogP) is 3.02. The zero-order valence-corrected chi connectivity index (χ0v) is 12.7. The fourth-order valence-electron chi connectivity index (χ4n) is 2.40. The summed E-state index contributed by atoms with van der Waals surface area (Å²) in [7, 11) is 0. The standard InChI is InChI=1S/C16H19N3OS/c17-16(15-6-3-11-21-15)18-14-5-2-1-4-13(14)12-19-7-9-20-10-8-19/h1-6,11H,7-10,12H2,(H2,17,18). The number of para-hydroxylation sites is 1. The fourth-order valence-corrected chi connectivity index (χ4v) is 3.03. The summed E-state index contributed by atoms with van der Waals surface area (Å²) in [4.78, 5) is 3.34. The van der Waals surface area contributed by atoms with Crippen molar-refractivity contribution >= 4 is 22.9 Å². The SMILES string of the molecule is N=C(Nc1ccccc1CN1CCOCC1)c1cccs1. The van der Waals surface area contributed by atoms with Crippen molar-refractivity contribution in [1.29, 1.82) is 5.41 Å². The Morgan fingerprint density at radius 2 is 2.00 bits per heavy atom. The van der Waals surface area contributed by atoms with Crippen LogP contribution in [0.2, 0.25) is 0 Å². The minimum Gasteiger partial charge on any atom is -0.379 e. The highest BCUT2D eigenvalue weighted by Gasteiger charge is 2.13. The summed E-state index contributed by atoms with van der Waals surface area (Å²) in [5, 5.41) is 13.4. The van der Waals surface area contributed by atoms with Gasteiger partial charge in [-0.1, -0.05) is 24.3 Å². The number of hydrogen-bond donors (Lipinski definition) is 2. The highest BCUT2D eigenvalue weighted by atomic mass is 32.1. The molecule has 21 heavy (non-hydrogen) atoms. The smallest absolute Gasteiger partial charge is 0.140 e. The molecule has 2 heterocycles. The molecule has 0 radical (unpaired) electrons. The molecule has 4 nitrogen and oxygen atoms in total. The largest absolute Gasteiger partial charge is 0.379 e. The van der Waals surface area contributed by atoms with E-state index < -0.39 is 0 Å².